The molecule has 16 heavy (non-hydrogen) atoms. The Bertz CT molecular complexity index is 669. The van der Waals surface area contributed by atoms with Gasteiger partial charge in [0.1, 0.15) is 0 Å². The lowest BCUT2D eigenvalue weighted by Gasteiger charge is -1.91. The third-order valence-corrected chi connectivity index (χ3v) is 2.88. The van der Waals surface area contributed by atoms with Crippen molar-refractivity contribution in [3.63, 3.8) is 0 Å². The zero-order valence-electron chi connectivity index (χ0n) is 8.32. The molecule has 5 heteroatoms. The Kier molecular flexibility index (Phi) is 2.23. The summed E-state index contributed by atoms with van der Waals surface area (Å²) < 4.78 is 6.27. The van der Waals surface area contributed by atoms with E-state index in [2.05, 4.69) is 14.3 Å². The normalized spacial score (nSPS) is 12.1. The fourth-order valence-electron chi connectivity index (χ4n) is 1.41. The van der Waals surface area contributed by atoms with Crippen LogP contribution in [0.3, 0.4) is 0 Å². The van der Waals surface area contributed by atoms with E-state index in [1.807, 2.05) is 40.9 Å². The second-order valence-electron chi connectivity index (χ2n) is 3.21. The van der Waals surface area contributed by atoms with Gasteiger partial charge in [-0.15, -0.1) is 0 Å². The first-order valence-corrected chi connectivity index (χ1v) is 5.59. The lowest BCUT2D eigenvalue weighted by Crippen LogP contribution is -2.04. The van der Waals surface area contributed by atoms with E-state index < -0.39 is 0 Å². The summed E-state index contributed by atoms with van der Waals surface area (Å²) in [5, 5.41) is 0. The summed E-state index contributed by atoms with van der Waals surface area (Å²) in [6.07, 6.45) is 5.41. The molecule has 0 saturated carbocycles. The van der Waals surface area contributed by atoms with Gasteiger partial charge in [-0.3, -0.25) is 9.38 Å². The van der Waals surface area contributed by atoms with Crippen molar-refractivity contribution in [3.8, 4) is 0 Å². The molecule has 0 spiro atoms. The zero-order valence-corrected chi connectivity index (χ0v) is 9.13. The number of nitrogens with zero attached hydrogens (tertiary/aromatic N) is 4. The third-order valence-electron chi connectivity index (χ3n) is 2.15. The van der Waals surface area contributed by atoms with Crippen molar-refractivity contribution in [3.05, 3.63) is 53.7 Å². The van der Waals surface area contributed by atoms with Gasteiger partial charge in [0.2, 0.25) is 4.80 Å². The highest BCUT2D eigenvalue weighted by Crippen LogP contribution is 2.07. The third kappa shape index (κ3) is 1.61. The lowest BCUT2D eigenvalue weighted by molar-refractivity contribution is 1.09. The largest absolute Gasteiger partial charge is 0.275 e. The summed E-state index contributed by atoms with van der Waals surface area (Å²) in [4.78, 5) is 9.33. The minimum absolute atomic E-state index is 0.863. The predicted molar refractivity (Wildman–Crippen MR) is 62.5 cm³/mol. The van der Waals surface area contributed by atoms with Gasteiger partial charge in [-0.05, 0) is 24.3 Å². The van der Waals surface area contributed by atoms with Crippen molar-refractivity contribution in [2.24, 2.45) is 4.99 Å². The van der Waals surface area contributed by atoms with Gasteiger partial charge in [0.05, 0.1) is 5.69 Å². The maximum Gasteiger partial charge on any atom is 0.213 e. The smallest absolute Gasteiger partial charge is 0.213 e. The van der Waals surface area contributed by atoms with Crippen LogP contribution in [-0.2, 0) is 0 Å². The molecule has 0 saturated heterocycles. The summed E-state index contributed by atoms with van der Waals surface area (Å²) >= 11 is 1.38. The molecule has 4 nitrogen and oxygen atoms in total. The lowest BCUT2D eigenvalue weighted by atomic mass is 10.4. The van der Waals surface area contributed by atoms with Gasteiger partial charge in [0.25, 0.3) is 0 Å². The summed E-state index contributed by atoms with van der Waals surface area (Å²) in [5.74, 6) is 0. The van der Waals surface area contributed by atoms with Crippen LogP contribution >= 0.6 is 11.5 Å². The molecule has 0 unspecified atom stereocenters. The highest BCUT2D eigenvalue weighted by Gasteiger charge is 1.96. The number of hydrogen-bond acceptors (Lipinski definition) is 4. The van der Waals surface area contributed by atoms with Crippen molar-refractivity contribution in [1.29, 1.82) is 0 Å². The van der Waals surface area contributed by atoms with Crippen molar-refractivity contribution < 1.29 is 0 Å². The van der Waals surface area contributed by atoms with Gasteiger partial charge in [0.15, 0.2) is 5.65 Å². The molecule has 0 N–H and O–H groups in total. The quantitative estimate of drug-likeness (QED) is 0.639. The SMILES string of the molecule is c1ccn2c(=Nc3ccncc3)snc2c1. The molecule has 3 rings (SSSR count). The van der Waals surface area contributed by atoms with E-state index in [4.69, 9.17) is 0 Å². The molecular weight excluding hydrogens is 220 g/mol. The number of hydrogen-bond donors (Lipinski definition) is 0. The number of fused-ring (bicyclic) bond motifs is 1. The highest BCUT2D eigenvalue weighted by molar-refractivity contribution is 7.03. The molecule has 0 aliphatic carbocycles. The molecule has 3 heterocycles. The van der Waals surface area contributed by atoms with Gasteiger partial charge in [-0.25, -0.2) is 4.99 Å². The first kappa shape index (κ1) is 9.23. The second-order valence-corrected chi connectivity index (χ2v) is 3.94. The maximum atomic E-state index is 4.51. The van der Waals surface area contributed by atoms with E-state index in [1.165, 1.54) is 11.5 Å². The highest BCUT2D eigenvalue weighted by atomic mass is 32.1. The van der Waals surface area contributed by atoms with Crippen LogP contribution in [0.4, 0.5) is 5.69 Å². The summed E-state index contributed by atoms with van der Waals surface area (Å²) in [5.41, 5.74) is 1.80. The molecule has 3 aromatic heterocycles. The van der Waals surface area contributed by atoms with Crippen LogP contribution in [0.2, 0.25) is 0 Å². The van der Waals surface area contributed by atoms with Crippen LogP contribution < -0.4 is 4.80 Å². The average Bonchev–Trinajstić information content (AvgIpc) is 2.74. The summed E-state index contributed by atoms with van der Waals surface area (Å²) in [7, 11) is 0. The molecule has 0 amide bonds. The Hall–Kier alpha value is -2.01. The van der Waals surface area contributed by atoms with Crippen molar-refractivity contribution in [2.45, 2.75) is 0 Å². The van der Waals surface area contributed by atoms with E-state index in [-0.39, 0.29) is 0 Å². The summed E-state index contributed by atoms with van der Waals surface area (Å²) in [6.45, 7) is 0. The monoisotopic (exact) mass is 228 g/mol. The molecule has 0 aliphatic rings. The number of rotatable bonds is 1. The molecule has 0 fully saturated rings. The molecule has 0 atom stereocenters. The fourth-order valence-corrected chi connectivity index (χ4v) is 2.12. The standard InChI is InChI=1S/C11H8N4S/c1-2-8-15-10(3-1)14-16-11(15)13-9-4-6-12-7-5-9/h1-8H. The van der Waals surface area contributed by atoms with E-state index in [1.54, 1.807) is 12.4 Å². The Morgan fingerprint density at radius 1 is 1.12 bits per heavy atom. The first-order valence-electron chi connectivity index (χ1n) is 4.81. The van der Waals surface area contributed by atoms with Crippen molar-refractivity contribution >= 4 is 22.9 Å². The zero-order chi connectivity index (χ0) is 10.8. The first-order chi connectivity index (χ1) is 7.93. The molecule has 0 bridgehead atoms. The van der Waals surface area contributed by atoms with E-state index in [0.717, 1.165) is 16.1 Å². The predicted octanol–water partition coefficient (Wildman–Crippen LogP) is 2.02. The average molecular weight is 228 g/mol. The van der Waals surface area contributed by atoms with Gasteiger partial charge in [-0.2, -0.15) is 4.37 Å². The molecule has 0 radical (unpaired) electrons. The van der Waals surface area contributed by atoms with E-state index >= 15 is 0 Å². The second kappa shape index (κ2) is 3.86. The van der Waals surface area contributed by atoms with Gasteiger partial charge < -0.3 is 0 Å². The Labute approximate surface area is 95.7 Å². The molecule has 0 aliphatic heterocycles. The van der Waals surface area contributed by atoms with Crippen LogP contribution in [-0.4, -0.2) is 13.8 Å². The fraction of sp³-hybridized carbons (Fsp3) is 0. The minimum Gasteiger partial charge on any atom is -0.275 e. The number of aromatic nitrogens is 3. The van der Waals surface area contributed by atoms with Crippen LogP contribution in [0.1, 0.15) is 0 Å². The maximum absolute atomic E-state index is 4.51. The van der Waals surface area contributed by atoms with Crippen LogP contribution in [0.25, 0.3) is 5.65 Å². The molecule has 0 aromatic carbocycles. The Morgan fingerprint density at radius 3 is 2.88 bits per heavy atom. The van der Waals surface area contributed by atoms with E-state index in [9.17, 15) is 0 Å². The Morgan fingerprint density at radius 2 is 2.00 bits per heavy atom. The van der Waals surface area contributed by atoms with E-state index in [0.29, 0.717) is 0 Å². The van der Waals surface area contributed by atoms with Crippen LogP contribution in [0.5, 0.6) is 0 Å². The molecular formula is C11H8N4S. The van der Waals surface area contributed by atoms with Gasteiger partial charge in [0, 0.05) is 30.1 Å². The summed E-state index contributed by atoms with van der Waals surface area (Å²) in [6, 6.07) is 9.63. The Balaban J connectivity index is 2.23. The van der Waals surface area contributed by atoms with Crippen molar-refractivity contribution in [1.82, 2.24) is 13.8 Å². The topological polar surface area (TPSA) is 42.5 Å². The van der Waals surface area contributed by atoms with Crippen molar-refractivity contribution in [2.75, 3.05) is 0 Å². The number of pyridine rings is 2. The van der Waals surface area contributed by atoms with Gasteiger partial charge >= 0.3 is 0 Å². The minimum atomic E-state index is 0.863. The molecule has 78 valence electrons. The van der Waals surface area contributed by atoms with Crippen LogP contribution in [0, 0.1) is 0 Å². The van der Waals surface area contributed by atoms with Gasteiger partial charge in [-0.1, -0.05) is 6.07 Å². The van der Waals surface area contributed by atoms with Crippen LogP contribution in [0.15, 0.2) is 53.9 Å². The molecule has 3 aromatic rings.